The summed E-state index contributed by atoms with van der Waals surface area (Å²) in [5, 5.41) is 9.13. The topological polar surface area (TPSA) is 20.2 Å². The van der Waals surface area contributed by atoms with Crippen LogP contribution < -0.4 is 0 Å². The Hall–Kier alpha value is -0.970. The minimum absolute atomic E-state index is 0.0947. The first kappa shape index (κ1) is 9.12. The van der Waals surface area contributed by atoms with Crippen LogP contribution in [0.3, 0.4) is 0 Å². The number of hydrogen-bond donors (Lipinski definition) is 1. The lowest BCUT2D eigenvalue weighted by Crippen LogP contribution is -1.78. The summed E-state index contributed by atoms with van der Waals surface area (Å²) in [7, 11) is 0. The minimum atomic E-state index is 0.0947. The lowest BCUT2D eigenvalue weighted by molar-refractivity contribution is 0.305. The molecular formula is C10H9ClO. The van der Waals surface area contributed by atoms with E-state index in [2.05, 4.69) is 11.8 Å². The Morgan fingerprint density at radius 3 is 2.75 bits per heavy atom. The van der Waals surface area contributed by atoms with Gasteiger partial charge in [0.25, 0.3) is 0 Å². The molecule has 0 bridgehead atoms. The van der Waals surface area contributed by atoms with Crippen LogP contribution in [0.2, 0.25) is 5.02 Å². The van der Waals surface area contributed by atoms with Gasteiger partial charge in [0.1, 0.15) is 0 Å². The lowest BCUT2D eigenvalue weighted by atomic mass is 10.2. The van der Waals surface area contributed by atoms with Crippen LogP contribution in [0, 0.1) is 11.8 Å². The van der Waals surface area contributed by atoms with Crippen LogP contribution in [0.4, 0.5) is 0 Å². The van der Waals surface area contributed by atoms with Crippen LogP contribution in [0.25, 0.3) is 0 Å². The highest BCUT2D eigenvalue weighted by Crippen LogP contribution is 2.12. The third-order valence-corrected chi connectivity index (χ3v) is 1.66. The Bertz CT molecular complexity index is 309. The summed E-state index contributed by atoms with van der Waals surface area (Å²) in [5.41, 5.74) is 0.813. The van der Waals surface area contributed by atoms with E-state index in [0.717, 1.165) is 5.56 Å². The summed E-state index contributed by atoms with van der Waals surface area (Å²) in [6.45, 7) is 0.0947. The highest BCUT2D eigenvalue weighted by Gasteiger charge is 1.91. The van der Waals surface area contributed by atoms with Crippen molar-refractivity contribution in [1.29, 1.82) is 0 Å². The van der Waals surface area contributed by atoms with Crippen molar-refractivity contribution >= 4 is 11.6 Å². The second-order valence-corrected chi connectivity index (χ2v) is 2.66. The highest BCUT2D eigenvalue weighted by atomic mass is 35.5. The first-order valence-electron chi connectivity index (χ1n) is 3.69. The third kappa shape index (κ3) is 2.58. The van der Waals surface area contributed by atoms with Gasteiger partial charge in [-0.2, -0.15) is 0 Å². The molecule has 1 aromatic rings. The Morgan fingerprint density at radius 2 is 2.08 bits per heavy atom. The van der Waals surface area contributed by atoms with Gasteiger partial charge >= 0.3 is 0 Å². The van der Waals surface area contributed by atoms with E-state index in [4.69, 9.17) is 16.7 Å². The zero-order valence-electron chi connectivity index (χ0n) is 6.55. The molecule has 1 rings (SSSR count). The van der Waals surface area contributed by atoms with E-state index in [1.54, 1.807) is 6.07 Å². The molecule has 0 aromatic heterocycles. The maximum atomic E-state index is 8.48. The number of benzene rings is 1. The van der Waals surface area contributed by atoms with Crippen LogP contribution >= 0.6 is 11.6 Å². The SMILES string of the molecule is OCCC#Cc1ccccc1Cl. The number of hydrogen-bond acceptors (Lipinski definition) is 1. The van der Waals surface area contributed by atoms with Gasteiger partial charge in [0, 0.05) is 12.0 Å². The summed E-state index contributed by atoms with van der Waals surface area (Å²) in [4.78, 5) is 0. The van der Waals surface area contributed by atoms with Gasteiger partial charge in [-0.1, -0.05) is 35.6 Å². The molecule has 0 fully saturated rings. The monoisotopic (exact) mass is 180 g/mol. The first-order valence-corrected chi connectivity index (χ1v) is 4.06. The molecule has 0 heterocycles. The maximum absolute atomic E-state index is 8.48. The number of aliphatic hydroxyl groups is 1. The van der Waals surface area contributed by atoms with Gasteiger partial charge in [0.05, 0.1) is 11.6 Å². The fourth-order valence-corrected chi connectivity index (χ4v) is 0.959. The Labute approximate surface area is 77.0 Å². The highest BCUT2D eigenvalue weighted by molar-refractivity contribution is 6.31. The summed E-state index contributed by atoms with van der Waals surface area (Å²) in [5.74, 6) is 5.68. The minimum Gasteiger partial charge on any atom is -0.395 e. The summed E-state index contributed by atoms with van der Waals surface area (Å²) in [6.07, 6.45) is 0.491. The van der Waals surface area contributed by atoms with E-state index in [0.29, 0.717) is 11.4 Å². The van der Waals surface area contributed by atoms with Crippen LogP contribution in [0.15, 0.2) is 24.3 Å². The first-order chi connectivity index (χ1) is 5.84. The fraction of sp³-hybridized carbons (Fsp3) is 0.200. The number of aliphatic hydroxyl groups excluding tert-OH is 1. The third-order valence-electron chi connectivity index (χ3n) is 1.33. The Morgan fingerprint density at radius 1 is 1.33 bits per heavy atom. The second-order valence-electron chi connectivity index (χ2n) is 2.26. The van der Waals surface area contributed by atoms with Crippen LogP contribution in [0.5, 0.6) is 0 Å². The van der Waals surface area contributed by atoms with Gasteiger partial charge in [-0.25, -0.2) is 0 Å². The molecule has 0 aliphatic rings. The van der Waals surface area contributed by atoms with E-state index in [9.17, 15) is 0 Å². The van der Waals surface area contributed by atoms with E-state index in [-0.39, 0.29) is 6.61 Å². The quantitative estimate of drug-likeness (QED) is 0.657. The molecule has 2 heteroatoms. The van der Waals surface area contributed by atoms with E-state index < -0.39 is 0 Å². The average molecular weight is 181 g/mol. The van der Waals surface area contributed by atoms with Crippen molar-refractivity contribution in [2.45, 2.75) is 6.42 Å². The zero-order valence-corrected chi connectivity index (χ0v) is 7.30. The molecule has 0 amide bonds. The molecule has 62 valence electrons. The van der Waals surface area contributed by atoms with Crippen molar-refractivity contribution < 1.29 is 5.11 Å². The Kier molecular flexibility index (Phi) is 3.66. The number of rotatable bonds is 1. The molecule has 1 nitrogen and oxygen atoms in total. The largest absolute Gasteiger partial charge is 0.395 e. The van der Waals surface area contributed by atoms with Crippen LogP contribution in [-0.4, -0.2) is 11.7 Å². The average Bonchev–Trinajstić information content (AvgIpc) is 2.09. The van der Waals surface area contributed by atoms with Crippen molar-refractivity contribution in [3.8, 4) is 11.8 Å². The number of halogens is 1. The van der Waals surface area contributed by atoms with Crippen molar-refractivity contribution in [3.05, 3.63) is 34.9 Å². The summed E-state index contributed by atoms with van der Waals surface area (Å²) in [6, 6.07) is 7.39. The summed E-state index contributed by atoms with van der Waals surface area (Å²) >= 11 is 5.84. The summed E-state index contributed by atoms with van der Waals surface area (Å²) < 4.78 is 0. The van der Waals surface area contributed by atoms with E-state index in [1.165, 1.54) is 0 Å². The van der Waals surface area contributed by atoms with Crippen molar-refractivity contribution in [1.82, 2.24) is 0 Å². The van der Waals surface area contributed by atoms with E-state index >= 15 is 0 Å². The molecule has 0 atom stereocenters. The van der Waals surface area contributed by atoms with Crippen molar-refractivity contribution in [2.75, 3.05) is 6.61 Å². The second kappa shape index (κ2) is 4.82. The van der Waals surface area contributed by atoms with Crippen LogP contribution in [-0.2, 0) is 0 Å². The smallest absolute Gasteiger partial charge is 0.0562 e. The molecule has 0 saturated carbocycles. The van der Waals surface area contributed by atoms with Crippen molar-refractivity contribution in [3.63, 3.8) is 0 Å². The molecule has 0 aliphatic carbocycles. The Balaban J connectivity index is 2.77. The predicted octanol–water partition coefficient (Wildman–Crippen LogP) is 2.07. The molecule has 0 spiro atoms. The zero-order chi connectivity index (χ0) is 8.81. The van der Waals surface area contributed by atoms with Crippen LogP contribution in [0.1, 0.15) is 12.0 Å². The molecule has 1 aromatic carbocycles. The maximum Gasteiger partial charge on any atom is 0.0562 e. The molecule has 12 heavy (non-hydrogen) atoms. The van der Waals surface area contributed by atoms with E-state index in [1.807, 2.05) is 18.2 Å². The molecule has 0 radical (unpaired) electrons. The lowest BCUT2D eigenvalue weighted by Gasteiger charge is -1.91. The molecular weight excluding hydrogens is 172 g/mol. The van der Waals surface area contributed by atoms with Gasteiger partial charge < -0.3 is 5.11 Å². The molecule has 1 N–H and O–H groups in total. The molecule has 0 saturated heterocycles. The van der Waals surface area contributed by atoms with Crippen molar-refractivity contribution in [2.24, 2.45) is 0 Å². The van der Waals surface area contributed by atoms with Gasteiger partial charge in [-0.3, -0.25) is 0 Å². The predicted molar refractivity (Wildman–Crippen MR) is 50.0 cm³/mol. The molecule has 0 unspecified atom stereocenters. The molecule has 0 aliphatic heterocycles. The fourth-order valence-electron chi connectivity index (χ4n) is 0.776. The standard InChI is InChI=1S/C10H9ClO/c11-10-7-2-1-5-9(10)6-3-4-8-12/h1-2,5,7,12H,4,8H2. The van der Waals surface area contributed by atoms with Gasteiger partial charge in [-0.15, -0.1) is 0 Å². The van der Waals surface area contributed by atoms with Gasteiger partial charge in [0.15, 0.2) is 0 Å². The van der Waals surface area contributed by atoms with Gasteiger partial charge in [0.2, 0.25) is 0 Å². The normalized spacial score (nSPS) is 8.83. The van der Waals surface area contributed by atoms with Gasteiger partial charge in [-0.05, 0) is 12.1 Å².